The maximum atomic E-state index is 2.35. The lowest BCUT2D eigenvalue weighted by atomic mass is 10.1. The number of benzene rings is 1. The quantitative estimate of drug-likeness (QED) is 0.615. The van der Waals surface area contributed by atoms with Crippen molar-refractivity contribution < 1.29 is 0 Å². The summed E-state index contributed by atoms with van der Waals surface area (Å²) >= 11 is 0. The van der Waals surface area contributed by atoms with Crippen molar-refractivity contribution in [2.45, 2.75) is 31.3 Å². The van der Waals surface area contributed by atoms with Crippen molar-refractivity contribution in [2.75, 3.05) is 6.16 Å². The molecule has 3 rings (SSSR count). The molecule has 1 aromatic rings. The van der Waals surface area contributed by atoms with E-state index in [-0.39, 0.29) is 7.92 Å². The largest absolute Gasteiger partial charge is 0.0719 e. The molecule has 0 radical (unpaired) electrons. The lowest BCUT2D eigenvalue weighted by Crippen LogP contribution is -2.10. The average molecular weight is 204 g/mol. The molecule has 1 saturated heterocycles. The van der Waals surface area contributed by atoms with Crippen LogP contribution in [0.15, 0.2) is 30.3 Å². The van der Waals surface area contributed by atoms with Crippen LogP contribution >= 0.6 is 7.92 Å². The van der Waals surface area contributed by atoms with Gasteiger partial charge in [0.2, 0.25) is 0 Å². The van der Waals surface area contributed by atoms with Gasteiger partial charge in [-0.3, -0.25) is 0 Å². The Morgan fingerprint density at radius 2 is 1.86 bits per heavy atom. The van der Waals surface area contributed by atoms with Gasteiger partial charge in [-0.25, -0.2) is 0 Å². The van der Waals surface area contributed by atoms with Crippen molar-refractivity contribution >= 4 is 13.2 Å². The van der Waals surface area contributed by atoms with Crippen LogP contribution in [0, 0.1) is 5.92 Å². The van der Waals surface area contributed by atoms with E-state index < -0.39 is 0 Å². The molecule has 74 valence electrons. The highest BCUT2D eigenvalue weighted by molar-refractivity contribution is 7.66. The van der Waals surface area contributed by atoms with Gasteiger partial charge in [-0.1, -0.05) is 44.7 Å². The van der Waals surface area contributed by atoms with Gasteiger partial charge in [0.15, 0.2) is 0 Å². The minimum absolute atomic E-state index is 0.219. The van der Waals surface area contributed by atoms with Crippen molar-refractivity contribution in [3.05, 3.63) is 30.3 Å². The molecule has 1 aliphatic heterocycles. The van der Waals surface area contributed by atoms with Gasteiger partial charge in [0.05, 0.1) is 0 Å². The highest BCUT2D eigenvalue weighted by Gasteiger charge is 2.39. The molecular weight excluding hydrogens is 187 g/mol. The van der Waals surface area contributed by atoms with Gasteiger partial charge in [-0.15, -0.1) is 0 Å². The number of rotatable bonds is 1. The van der Waals surface area contributed by atoms with Crippen LogP contribution in [0.4, 0.5) is 0 Å². The predicted molar refractivity (Wildman–Crippen MR) is 63.6 cm³/mol. The monoisotopic (exact) mass is 204 g/mol. The molecule has 1 heterocycles. The normalized spacial score (nSPS) is 35.9. The molecular formula is C13H17P. The van der Waals surface area contributed by atoms with Gasteiger partial charge in [0.1, 0.15) is 0 Å². The molecule has 1 heteroatoms. The van der Waals surface area contributed by atoms with Crippen LogP contribution in [0.3, 0.4) is 0 Å². The highest BCUT2D eigenvalue weighted by Crippen LogP contribution is 2.57. The maximum Gasteiger partial charge on any atom is -0.0140 e. The molecule has 0 nitrogen and oxygen atoms in total. The van der Waals surface area contributed by atoms with Crippen molar-refractivity contribution in [1.82, 2.24) is 0 Å². The third-order valence-corrected chi connectivity index (χ3v) is 7.03. The molecule has 2 aliphatic rings. The molecule has 0 spiro atoms. The molecule has 1 aliphatic carbocycles. The van der Waals surface area contributed by atoms with E-state index in [0.717, 1.165) is 11.6 Å². The Labute approximate surface area is 87.5 Å². The van der Waals surface area contributed by atoms with E-state index in [1.807, 2.05) is 0 Å². The van der Waals surface area contributed by atoms with E-state index in [4.69, 9.17) is 0 Å². The fourth-order valence-electron chi connectivity index (χ4n) is 3.18. The van der Waals surface area contributed by atoms with Gasteiger partial charge in [-0.05, 0) is 42.3 Å². The zero-order valence-corrected chi connectivity index (χ0v) is 9.42. The van der Waals surface area contributed by atoms with E-state index in [9.17, 15) is 0 Å². The summed E-state index contributed by atoms with van der Waals surface area (Å²) in [7, 11) is 0.219. The standard InChI is InChI=1S/C13H17P/c1-2-6-12(7-3-1)14-10-9-11-5-4-8-13(11)14/h1-3,6-7,11,13H,4-5,8-10H2/t11-,13-,14+/m0/s1. The third-order valence-electron chi connectivity index (χ3n) is 3.85. The van der Waals surface area contributed by atoms with Crippen molar-refractivity contribution in [3.8, 4) is 0 Å². The van der Waals surface area contributed by atoms with E-state index in [2.05, 4.69) is 30.3 Å². The van der Waals surface area contributed by atoms with Crippen LogP contribution < -0.4 is 5.30 Å². The van der Waals surface area contributed by atoms with Crippen LogP contribution in [-0.2, 0) is 0 Å². The Kier molecular flexibility index (Phi) is 2.33. The maximum absolute atomic E-state index is 2.35. The lowest BCUT2D eigenvalue weighted by Gasteiger charge is -2.19. The Balaban J connectivity index is 1.86. The second-order valence-electron chi connectivity index (χ2n) is 4.58. The summed E-state index contributed by atoms with van der Waals surface area (Å²) in [4.78, 5) is 0. The zero-order valence-electron chi connectivity index (χ0n) is 8.52. The summed E-state index contributed by atoms with van der Waals surface area (Å²) in [6, 6.07) is 11.3. The van der Waals surface area contributed by atoms with Crippen molar-refractivity contribution in [3.63, 3.8) is 0 Å². The molecule has 0 amide bonds. The van der Waals surface area contributed by atoms with Crippen LogP contribution in [-0.4, -0.2) is 11.8 Å². The van der Waals surface area contributed by atoms with Crippen molar-refractivity contribution in [1.29, 1.82) is 0 Å². The molecule has 0 bridgehead atoms. The molecule has 0 N–H and O–H groups in total. The number of fused-ring (bicyclic) bond motifs is 1. The highest BCUT2D eigenvalue weighted by atomic mass is 31.1. The van der Waals surface area contributed by atoms with E-state index >= 15 is 0 Å². The second kappa shape index (κ2) is 3.66. The lowest BCUT2D eigenvalue weighted by molar-refractivity contribution is 0.568. The topological polar surface area (TPSA) is 0 Å². The van der Waals surface area contributed by atoms with Crippen LogP contribution in [0.25, 0.3) is 0 Å². The summed E-state index contributed by atoms with van der Waals surface area (Å²) in [6.45, 7) is 0. The summed E-state index contributed by atoms with van der Waals surface area (Å²) in [5.74, 6) is 1.10. The Morgan fingerprint density at radius 3 is 2.71 bits per heavy atom. The SMILES string of the molecule is c1ccc([P@@]2CC[C@@H]3CCC[C@@H]32)cc1. The fraction of sp³-hybridized carbons (Fsp3) is 0.538. The van der Waals surface area contributed by atoms with E-state index in [0.29, 0.717) is 0 Å². The molecule has 0 unspecified atom stereocenters. The number of hydrogen-bond acceptors (Lipinski definition) is 0. The first-order valence-corrected chi connectivity index (χ1v) is 7.36. The zero-order chi connectivity index (χ0) is 9.38. The first-order valence-electron chi connectivity index (χ1n) is 5.77. The van der Waals surface area contributed by atoms with E-state index in [1.165, 1.54) is 31.8 Å². The summed E-state index contributed by atoms with van der Waals surface area (Å²) < 4.78 is 0. The predicted octanol–water partition coefficient (Wildman–Crippen LogP) is 3.37. The molecule has 14 heavy (non-hydrogen) atoms. The van der Waals surface area contributed by atoms with Crippen LogP contribution in [0.5, 0.6) is 0 Å². The molecule has 2 fully saturated rings. The van der Waals surface area contributed by atoms with Gasteiger partial charge in [0, 0.05) is 0 Å². The molecule has 1 aromatic carbocycles. The minimum atomic E-state index is 0.219. The van der Waals surface area contributed by atoms with Crippen LogP contribution in [0.1, 0.15) is 25.7 Å². The summed E-state index contributed by atoms with van der Waals surface area (Å²) in [5.41, 5.74) is 1.09. The molecule has 3 atom stereocenters. The third kappa shape index (κ3) is 1.41. The van der Waals surface area contributed by atoms with Gasteiger partial charge < -0.3 is 0 Å². The fourth-order valence-corrected chi connectivity index (χ4v) is 6.61. The minimum Gasteiger partial charge on any atom is -0.0719 e. The Hall–Kier alpha value is -0.350. The van der Waals surface area contributed by atoms with Crippen LogP contribution in [0.2, 0.25) is 0 Å². The number of hydrogen-bond donors (Lipinski definition) is 0. The van der Waals surface area contributed by atoms with Crippen molar-refractivity contribution in [2.24, 2.45) is 5.92 Å². The average Bonchev–Trinajstić information content (AvgIpc) is 2.79. The first-order chi connectivity index (χ1) is 6.95. The van der Waals surface area contributed by atoms with Gasteiger partial charge in [0.25, 0.3) is 0 Å². The molecule has 0 aromatic heterocycles. The summed E-state index contributed by atoms with van der Waals surface area (Å²) in [5, 5.41) is 1.66. The second-order valence-corrected chi connectivity index (χ2v) is 7.14. The Bertz CT molecular complexity index is 306. The first kappa shape index (κ1) is 8.92. The Morgan fingerprint density at radius 1 is 1.00 bits per heavy atom. The smallest absolute Gasteiger partial charge is 0.0140 e. The van der Waals surface area contributed by atoms with Gasteiger partial charge in [-0.2, -0.15) is 0 Å². The van der Waals surface area contributed by atoms with E-state index in [1.54, 1.807) is 5.30 Å². The molecule has 1 saturated carbocycles. The van der Waals surface area contributed by atoms with Gasteiger partial charge >= 0.3 is 0 Å². The summed E-state index contributed by atoms with van der Waals surface area (Å²) in [6.07, 6.45) is 7.57.